The van der Waals surface area contributed by atoms with Crippen LogP contribution in [0.15, 0.2) is 28.8 Å². The highest BCUT2D eigenvalue weighted by atomic mass is 16.5. The molecule has 5 nitrogen and oxygen atoms in total. The van der Waals surface area contributed by atoms with E-state index >= 15 is 0 Å². The van der Waals surface area contributed by atoms with Gasteiger partial charge in [-0.15, -0.1) is 0 Å². The first-order chi connectivity index (χ1) is 10.2. The molecule has 1 saturated heterocycles. The van der Waals surface area contributed by atoms with E-state index in [1.54, 1.807) is 0 Å². The van der Waals surface area contributed by atoms with Gasteiger partial charge in [0.1, 0.15) is 0 Å². The second kappa shape index (κ2) is 6.37. The summed E-state index contributed by atoms with van der Waals surface area (Å²) in [5.74, 6) is 2.03. The molecule has 2 N–H and O–H groups in total. The summed E-state index contributed by atoms with van der Waals surface area (Å²) in [5, 5.41) is 4.08. The van der Waals surface area contributed by atoms with Crippen LogP contribution in [-0.2, 0) is 6.54 Å². The molecule has 0 amide bonds. The lowest BCUT2D eigenvalue weighted by Crippen LogP contribution is -2.35. The number of benzene rings is 1. The molecule has 0 unspecified atom stereocenters. The van der Waals surface area contributed by atoms with E-state index in [1.165, 1.54) is 5.56 Å². The van der Waals surface area contributed by atoms with E-state index in [-0.39, 0.29) is 0 Å². The SMILES string of the molecule is Cc1ccc(-c2noc(CN3CCC(CN)CC3)n2)cc1. The Labute approximate surface area is 125 Å². The molecule has 0 radical (unpaired) electrons. The number of likely N-dealkylation sites (tertiary alicyclic amines) is 1. The Hall–Kier alpha value is -1.72. The molecule has 2 aromatic rings. The van der Waals surface area contributed by atoms with Gasteiger partial charge in [-0.05, 0) is 45.3 Å². The molecule has 0 atom stereocenters. The minimum Gasteiger partial charge on any atom is -0.338 e. The summed E-state index contributed by atoms with van der Waals surface area (Å²) >= 11 is 0. The van der Waals surface area contributed by atoms with Gasteiger partial charge in [-0.3, -0.25) is 4.90 Å². The van der Waals surface area contributed by atoms with Crippen molar-refractivity contribution in [2.24, 2.45) is 11.7 Å². The Kier molecular flexibility index (Phi) is 4.31. The lowest BCUT2D eigenvalue weighted by atomic mass is 9.97. The van der Waals surface area contributed by atoms with Gasteiger partial charge in [0.2, 0.25) is 11.7 Å². The molecule has 0 spiro atoms. The number of hydrogen-bond donors (Lipinski definition) is 1. The zero-order valence-corrected chi connectivity index (χ0v) is 12.5. The van der Waals surface area contributed by atoms with Crippen molar-refractivity contribution < 1.29 is 4.52 Å². The molecule has 0 aliphatic carbocycles. The number of hydrogen-bond acceptors (Lipinski definition) is 5. The third-order valence-corrected chi connectivity index (χ3v) is 4.18. The van der Waals surface area contributed by atoms with Crippen molar-refractivity contribution >= 4 is 0 Å². The van der Waals surface area contributed by atoms with Crippen molar-refractivity contribution in [2.75, 3.05) is 19.6 Å². The topological polar surface area (TPSA) is 68.2 Å². The van der Waals surface area contributed by atoms with Crippen LogP contribution in [-0.4, -0.2) is 34.7 Å². The minimum absolute atomic E-state index is 0.668. The van der Waals surface area contributed by atoms with Gasteiger partial charge in [0.15, 0.2) is 0 Å². The van der Waals surface area contributed by atoms with Gasteiger partial charge in [0, 0.05) is 5.56 Å². The normalized spacial score (nSPS) is 17.2. The van der Waals surface area contributed by atoms with E-state index in [0.29, 0.717) is 17.6 Å². The zero-order valence-electron chi connectivity index (χ0n) is 12.5. The van der Waals surface area contributed by atoms with Gasteiger partial charge >= 0.3 is 0 Å². The number of nitrogens with zero attached hydrogens (tertiary/aromatic N) is 3. The minimum atomic E-state index is 0.668. The lowest BCUT2D eigenvalue weighted by Gasteiger charge is -2.30. The van der Waals surface area contributed by atoms with E-state index in [1.807, 2.05) is 12.1 Å². The van der Waals surface area contributed by atoms with Crippen LogP contribution in [0.3, 0.4) is 0 Å². The first-order valence-corrected chi connectivity index (χ1v) is 7.56. The van der Waals surface area contributed by atoms with Crippen LogP contribution in [0.25, 0.3) is 11.4 Å². The van der Waals surface area contributed by atoms with Gasteiger partial charge in [-0.25, -0.2) is 0 Å². The second-order valence-electron chi connectivity index (χ2n) is 5.83. The third kappa shape index (κ3) is 3.49. The van der Waals surface area contributed by atoms with Crippen molar-refractivity contribution in [3.63, 3.8) is 0 Å². The monoisotopic (exact) mass is 286 g/mol. The van der Waals surface area contributed by atoms with Crippen LogP contribution in [0, 0.1) is 12.8 Å². The standard InChI is InChI=1S/C16H22N4O/c1-12-2-4-14(5-3-12)16-18-15(21-19-16)11-20-8-6-13(10-17)7-9-20/h2-5,13H,6-11,17H2,1H3. The zero-order chi connectivity index (χ0) is 14.7. The van der Waals surface area contributed by atoms with Crippen molar-refractivity contribution in [2.45, 2.75) is 26.3 Å². The fraction of sp³-hybridized carbons (Fsp3) is 0.500. The van der Waals surface area contributed by atoms with Crippen LogP contribution < -0.4 is 5.73 Å². The van der Waals surface area contributed by atoms with Gasteiger partial charge in [-0.1, -0.05) is 35.0 Å². The number of aromatic nitrogens is 2. The molecule has 0 bridgehead atoms. The molecule has 1 fully saturated rings. The smallest absolute Gasteiger partial charge is 0.241 e. The molecule has 112 valence electrons. The Bertz CT molecular complexity index is 570. The number of piperidine rings is 1. The van der Waals surface area contributed by atoms with Gasteiger partial charge < -0.3 is 10.3 Å². The van der Waals surface area contributed by atoms with E-state index in [4.69, 9.17) is 10.3 Å². The fourth-order valence-corrected chi connectivity index (χ4v) is 2.71. The second-order valence-corrected chi connectivity index (χ2v) is 5.83. The average molecular weight is 286 g/mol. The van der Waals surface area contributed by atoms with Gasteiger partial charge in [-0.2, -0.15) is 4.98 Å². The molecule has 1 aromatic heterocycles. The number of aryl methyl sites for hydroxylation is 1. The highest BCUT2D eigenvalue weighted by molar-refractivity contribution is 5.54. The van der Waals surface area contributed by atoms with Crippen molar-refractivity contribution in [3.8, 4) is 11.4 Å². The van der Waals surface area contributed by atoms with Crippen LogP contribution in [0.4, 0.5) is 0 Å². The summed E-state index contributed by atoms with van der Waals surface area (Å²) in [6.07, 6.45) is 2.32. The summed E-state index contributed by atoms with van der Waals surface area (Å²) in [6, 6.07) is 8.17. The molecule has 5 heteroatoms. The predicted octanol–water partition coefficient (Wildman–Crippen LogP) is 2.22. The third-order valence-electron chi connectivity index (χ3n) is 4.18. The van der Waals surface area contributed by atoms with Gasteiger partial charge in [0.25, 0.3) is 0 Å². The summed E-state index contributed by atoms with van der Waals surface area (Å²) < 4.78 is 5.38. The first kappa shape index (κ1) is 14.2. The molecule has 21 heavy (non-hydrogen) atoms. The van der Waals surface area contributed by atoms with E-state index < -0.39 is 0 Å². The summed E-state index contributed by atoms with van der Waals surface area (Å²) in [5.41, 5.74) is 7.94. The molecule has 2 heterocycles. The molecule has 3 rings (SSSR count). The first-order valence-electron chi connectivity index (χ1n) is 7.56. The van der Waals surface area contributed by atoms with Crippen molar-refractivity contribution in [1.29, 1.82) is 0 Å². The van der Waals surface area contributed by atoms with Crippen molar-refractivity contribution in [3.05, 3.63) is 35.7 Å². The molecular weight excluding hydrogens is 264 g/mol. The maximum atomic E-state index is 5.72. The largest absolute Gasteiger partial charge is 0.338 e. The number of rotatable bonds is 4. The summed E-state index contributed by atoms with van der Waals surface area (Å²) in [4.78, 5) is 6.86. The van der Waals surface area contributed by atoms with Crippen LogP contribution >= 0.6 is 0 Å². The lowest BCUT2D eigenvalue weighted by molar-refractivity contribution is 0.161. The maximum absolute atomic E-state index is 5.72. The van der Waals surface area contributed by atoms with E-state index in [0.717, 1.165) is 44.6 Å². The molecule has 1 aliphatic rings. The molecule has 0 saturated carbocycles. The summed E-state index contributed by atoms with van der Waals surface area (Å²) in [6.45, 7) is 5.72. The van der Waals surface area contributed by atoms with Crippen LogP contribution in [0.2, 0.25) is 0 Å². The fourth-order valence-electron chi connectivity index (χ4n) is 2.71. The molecule has 1 aromatic carbocycles. The Morgan fingerprint density at radius 2 is 1.95 bits per heavy atom. The Morgan fingerprint density at radius 1 is 1.24 bits per heavy atom. The highest BCUT2D eigenvalue weighted by Gasteiger charge is 2.20. The Balaban J connectivity index is 1.62. The average Bonchev–Trinajstić information content (AvgIpc) is 2.97. The van der Waals surface area contributed by atoms with E-state index in [9.17, 15) is 0 Å². The predicted molar refractivity (Wildman–Crippen MR) is 81.5 cm³/mol. The van der Waals surface area contributed by atoms with Gasteiger partial charge in [0.05, 0.1) is 6.54 Å². The van der Waals surface area contributed by atoms with Crippen molar-refractivity contribution in [1.82, 2.24) is 15.0 Å². The summed E-state index contributed by atoms with van der Waals surface area (Å²) in [7, 11) is 0. The maximum Gasteiger partial charge on any atom is 0.241 e. The Morgan fingerprint density at radius 3 is 2.62 bits per heavy atom. The van der Waals surface area contributed by atoms with Crippen LogP contribution in [0.1, 0.15) is 24.3 Å². The van der Waals surface area contributed by atoms with E-state index in [2.05, 4.69) is 34.1 Å². The van der Waals surface area contributed by atoms with Crippen LogP contribution in [0.5, 0.6) is 0 Å². The number of nitrogens with two attached hydrogens (primary N) is 1. The highest BCUT2D eigenvalue weighted by Crippen LogP contribution is 2.20. The molecular formula is C16H22N4O. The quantitative estimate of drug-likeness (QED) is 0.933. The molecule has 1 aliphatic heterocycles.